The number of nitrogens with zero attached hydrogens (tertiary/aromatic N) is 4. The topological polar surface area (TPSA) is 89.2 Å². The van der Waals surface area contributed by atoms with Crippen LogP contribution >= 0.6 is 0 Å². The number of anilines is 1. The van der Waals surface area contributed by atoms with E-state index >= 15 is 0 Å². The maximum atomic E-state index is 13.8. The Labute approximate surface area is 204 Å². The first-order valence-corrected chi connectivity index (χ1v) is 13.0. The van der Waals surface area contributed by atoms with Gasteiger partial charge in [0.15, 0.2) is 5.65 Å². The molecule has 2 aromatic heterocycles. The van der Waals surface area contributed by atoms with Crippen LogP contribution in [-0.4, -0.2) is 34.8 Å². The minimum Gasteiger partial charge on any atom is -0.369 e. The van der Waals surface area contributed by atoms with E-state index in [0.29, 0.717) is 23.5 Å². The summed E-state index contributed by atoms with van der Waals surface area (Å²) in [5.74, 6) is 0.837. The number of nitrogens with one attached hydrogen (secondary N) is 1. The molecular formula is C27H27N5O2S. The number of benzene rings is 3. The standard InChI is InChI=1S/C27H27N5O2S/c1-17-14-18(2)24(19(3)15-17)35(33,34)27-26-29-25(28-16-20(4)21-10-6-5-7-11-21)22-12-8-9-13-23(22)32(26)31-30-27/h5-15,20H,16H2,1-4H3,(H,28,29)/t20-/m0/s1. The molecule has 8 heteroatoms. The molecule has 0 saturated carbocycles. The van der Waals surface area contributed by atoms with Crippen LogP contribution in [0.25, 0.3) is 16.6 Å². The van der Waals surface area contributed by atoms with Crippen molar-refractivity contribution in [2.75, 3.05) is 11.9 Å². The van der Waals surface area contributed by atoms with Gasteiger partial charge in [-0.05, 0) is 55.5 Å². The molecule has 0 unspecified atom stereocenters. The van der Waals surface area contributed by atoms with E-state index < -0.39 is 9.84 Å². The number of fused-ring (bicyclic) bond motifs is 3. The molecule has 1 N–H and O–H groups in total. The Bertz CT molecular complexity index is 1640. The van der Waals surface area contributed by atoms with Crippen molar-refractivity contribution in [2.45, 2.75) is 43.5 Å². The zero-order chi connectivity index (χ0) is 24.7. The average Bonchev–Trinajstić information content (AvgIpc) is 3.27. The van der Waals surface area contributed by atoms with Gasteiger partial charge in [0.2, 0.25) is 14.9 Å². The van der Waals surface area contributed by atoms with Crippen LogP contribution < -0.4 is 5.32 Å². The Morgan fingerprint density at radius 2 is 1.60 bits per heavy atom. The lowest BCUT2D eigenvalue weighted by Gasteiger charge is -2.15. The van der Waals surface area contributed by atoms with Crippen molar-refractivity contribution in [2.24, 2.45) is 0 Å². The summed E-state index contributed by atoms with van der Waals surface area (Å²) < 4.78 is 29.1. The predicted octanol–water partition coefficient (Wildman–Crippen LogP) is 5.25. The molecular weight excluding hydrogens is 458 g/mol. The number of hydrogen-bond acceptors (Lipinski definition) is 6. The van der Waals surface area contributed by atoms with E-state index in [1.807, 2.05) is 61.5 Å². The van der Waals surface area contributed by atoms with E-state index in [4.69, 9.17) is 4.98 Å². The fourth-order valence-electron chi connectivity index (χ4n) is 4.69. The Balaban J connectivity index is 1.64. The monoisotopic (exact) mass is 485 g/mol. The van der Waals surface area contributed by atoms with Crippen LogP contribution in [0, 0.1) is 20.8 Å². The summed E-state index contributed by atoms with van der Waals surface area (Å²) in [4.78, 5) is 5.00. The molecule has 7 nitrogen and oxygen atoms in total. The second-order valence-corrected chi connectivity index (χ2v) is 10.8. The third kappa shape index (κ3) is 4.04. The van der Waals surface area contributed by atoms with Gasteiger partial charge in [-0.25, -0.2) is 13.4 Å². The molecule has 2 heterocycles. The summed E-state index contributed by atoms with van der Waals surface area (Å²) >= 11 is 0. The van der Waals surface area contributed by atoms with E-state index in [1.165, 1.54) is 10.1 Å². The zero-order valence-corrected chi connectivity index (χ0v) is 21.0. The summed E-state index contributed by atoms with van der Waals surface area (Å²) in [5.41, 5.74) is 4.52. The number of rotatable bonds is 6. The highest BCUT2D eigenvalue weighted by Crippen LogP contribution is 2.31. The Morgan fingerprint density at radius 3 is 2.31 bits per heavy atom. The zero-order valence-electron chi connectivity index (χ0n) is 20.1. The van der Waals surface area contributed by atoms with Crippen molar-refractivity contribution in [1.82, 2.24) is 19.8 Å². The van der Waals surface area contributed by atoms with Crippen LogP contribution in [0.3, 0.4) is 0 Å². The van der Waals surface area contributed by atoms with Crippen LogP contribution in [-0.2, 0) is 9.84 Å². The average molecular weight is 486 g/mol. The number of aromatic nitrogens is 4. The molecule has 1 atom stereocenters. The molecule has 0 amide bonds. The highest BCUT2D eigenvalue weighted by molar-refractivity contribution is 7.91. The van der Waals surface area contributed by atoms with Gasteiger partial charge in [-0.2, -0.15) is 4.52 Å². The molecule has 0 bridgehead atoms. The Kier molecular flexibility index (Phi) is 5.76. The number of sulfone groups is 1. The predicted molar refractivity (Wildman–Crippen MR) is 138 cm³/mol. The van der Waals surface area contributed by atoms with E-state index in [2.05, 4.69) is 34.7 Å². The maximum Gasteiger partial charge on any atom is 0.230 e. The highest BCUT2D eigenvalue weighted by atomic mass is 32.2. The first-order valence-electron chi connectivity index (χ1n) is 11.5. The summed E-state index contributed by atoms with van der Waals surface area (Å²) in [6.45, 7) is 8.34. The second kappa shape index (κ2) is 8.78. The lowest BCUT2D eigenvalue weighted by atomic mass is 10.0. The summed E-state index contributed by atoms with van der Waals surface area (Å²) in [5, 5.41) is 12.5. The molecule has 3 aromatic carbocycles. The summed E-state index contributed by atoms with van der Waals surface area (Å²) in [6.07, 6.45) is 0. The molecule has 0 aliphatic rings. The van der Waals surface area contributed by atoms with Crippen LogP contribution in [0.4, 0.5) is 5.82 Å². The lowest BCUT2D eigenvalue weighted by molar-refractivity contribution is 0.591. The van der Waals surface area contributed by atoms with Crippen LogP contribution in [0.5, 0.6) is 0 Å². The molecule has 0 saturated heterocycles. The molecule has 5 rings (SSSR count). The molecule has 0 fully saturated rings. The second-order valence-electron chi connectivity index (χ2n) is 9.03. The first-order chi connectivity index (χ1) is 16.8. The van der Waals surface area contributed by atoms with Crippen molar-refractivity contribution >= 4 is 32.2 Å². The van der Waals surface area contributed by atoms with E-state index in [-0.39, 0.29) is 21.5 Å². The molecule has 0 aliphatic carbocycles. The van der Waals surface area contributed by atoms with Crippen molar-refractivity contribution in [3.8, 4) is 0 Å². The first kappa shape index (κ1) is 23.0. The Morgan fingerprint density at radius 1 is 0.943 bits per heavy atom. The highest BCUT2D eigenvalue weighted by Gasteiger charge is 2.30. The van der Waals surface area contributed by atoms with Crippen molar-refractivity contribution in [3.63, 3.8) is 0 Å². The third-order valence-corrected chi connectivity index (χ3v) is 8.25. The summed E-state index contributed by atoms with van der Waals surface area (Å²) in [6, 6.07) is 21.6. The van der Waals surface area contributed by atoms with Gasteiger partial charge in [0.25, 0.3) is 0 Å². The van der Waals surface area contributed by atoms with Crippen molar-refractivity contribution in [3.05, 3.63) is 89.0 Å². The maximum absolute atomic E-state index is 13.8. The molecule has 0 aliphatic heterocycles. The smallest absolute Gasteiger partial charge is 0.230 e. The molecule has 178 valence electrons. The number of aryl methyl sites for hydroxylation is 3. The van der Waals surface area contributed by atoms with Crippen molar-refractivity contribution < 1.29 is 8.42 Å². The van der Waals surface area contributed by atoms with Crippen LogP contribution in [0.1, 0.15) is 35.1 Å². The number of hydrogen-bond donors (Lipinski definition) is 1. The van der Waals surface area contributed by atoms with Gasteiger partial charge in [-0.1, -0.05) is 72.3 Å². The Hall–Kier alpha value is -3.78. The van der Waals surface area contributed by atoms with Gasteiger partial charge >= 0.3 is 0 Å². The largest absolute Gasteiger partial charge is 0.369 e. The van der Waals surface area contributed by atoms with Crippen molar-refractivity contribution in [1.29, 1.82) is 0 Å². The van der Waals surface area contributed by atoms with Gasteiger partial charge in [-0.15, -0.1) is 5.10 Å². The molecule has 0 spiro atoms. The van der Waals surface area contributed by atoms with E-state index in [0.717, 1.165) is 16.5 Å². The fourth-order valence-corrected chi connectivity index (χ4v) is 6.37. The summed E-state index contributed by atoms with van der Waals surface area (Å²) in [7, 11) is -3.94. The van der Waals surface area contributed by atoms with E-state index in [1.54, 1.807) is 13.8 Å². The van der Waals surface area contributed by atoms with Gasteiger partial charge in [0.05, 0.1) is 10.4 Å². The van der Waals surface area contributed by atoms with Gasteiger partial charge in [0.1, 0.15) is 5.82 Å². The van der Waals surface area contributed by atoms with Gasteiger partial charge in [-0.3, -0.25) is 0 Å². The molecule has 5 aromatic rings. The minimum absolute atomic E-state index is 0.141. The van der Waals surface area contributed by atoms with Crippen LogP contribution in [0.2, 0.25) is 0 Å². The molecule has 0 radical (unpaired) electrons. The lowest BCUT2D eigenvalue weighted by Crippen LogP contribution is -2.13. The third-order valence-electron chi connectivity index (χ3n) is 6.29. The number of para-hydroxylation sites is 1. The van der Waals surface area contributed by atoms with Gasteiger partial charge < -0.3 is 5.32 Å². The minimum atomic E-state index is -3.94. The quantitative estimate of drug-likeness (QED) is 0.353. The normalized spacial score (nSPS) is 12.8. The van der Waals surface area contributed by atoms with Gasteiger partial charge in [0, 0.05) is 11.9 Å². The fraction of sp³-hybridized carbons (Fsp3) is 0.222. The van der Waals surface area contributed by atoms with E-state index in [9.17, 15) is 8.42 Å². The molecule has 35 heavy (non-hydrogen) atoms. The van der Waals surface area contributed by atoms with Crippen LogP contribution in [0.15, 0.2) is 76.7 Å². The SMILES string of the molecule is Cc1cc(C)c(S(=O)(=O)c2nnn3c2nc(NC[C@H](C)c2ccccc2)c2ccccc23)c(C)c1.